The van der Waals surface area contributed by atoms with Gasteiger partial charge in [0.05, 0.1) is 36.3 Å². The van der Waals surface area contributed by atoms with E-state index in [1.807, 2.05) is 31.2 Å². The minimum Gasteiger partial charge on any atom is -0.465 e. The third-order valence-corrected chi connectivity index (χ3v) is 4.92. The summed E-state index contributed by atoms with van der Waals surface area (Å²) < 4.78 is 9.43. The highest BCUT2D eigenvalue weighted by molar-refractivity contribution is 8.00. The van der Waals surface area contributed by atoms with Crippen LogP contribution in [0.2, 0.25) is 0 Å². The fourth-order valence-corrected chi connectivity index (χ4v) is 3.16. The van der Waals surface area contributed by atoms with Crippen LogP contribution >= 0.6 is 11.8 Å². The van der Waals surface area contributed by atoms with Crippen LogP contribution in [-0.2, 0) is 14.3 Å². The van der Waals surface area contributed by atoms with Crippen molar-refractivity contribution in [3.63, 3.8) is 0 Å². The highest BCUT2D eigenvalue weighted by Crippen LogP contribution is 2.26. The maximum absolute atomic E-state index is 12.6. The number of carbonyl (C=O) groups is 3. The summed E-state index contributed by atoms with van der Waals surface area (Å²) in [5, 5.41) is 2.29. The molecule has 0 spiro atoms. The van der Waals surface area contributed by atoms with E-state index < -0.39 is 17.2 Å². The smallest absolute Gasteiger partial charge is 0.339 e. The van der Waals surface area contributed by atoms with Crippen molar-refractivity contribution < 1.29 is 23.9 Å². The van der Waals surface area contributed by atoms with Crippen LogP contribution in [0.4, 0.5) is 5.69 Å². The Balaban J connectivity index is 2.22. The molecule has 6 nitrogen and oxygen atoms in total. The molecule has 0 aliphatic rings. The van der Waals surface area contributed by atoms with Crippen LogP contribution in [-0.4, -0.2) is 37.3 Å². The van der Waals surface area contributed by atoms with E-state index in [2.05, 4.69) is 10.1 Å². The molecular weight excluding hydrogens is 366 g/mol. The van der Waals surface area contributed by atoms with Gasteiger partial charge in [0.25, 0.3) is 0 Å². The van der Waals surface area contributed by atoms with Crippen LogP contribution in [0.5, 0.6) is 0 Å². The van der Waals surface area contributed by atoms with Crippen molar-refractivity contribution in [1.82, 2.24) is 0 Å². The average molecular weight is 387 g/mol. The second-order valence-corrected chi connectivity index (χ2v) is 7.22. The van der Waals surface area contributed by atoms with Crippen molar-refractivity contribution in [2.75, 3.05) is 19.5 Å². The van der Waals surface area contributed by atoms with Crippen molar-refractivity contribution in [3.05, 3.63) is 59.2 Å². The van der Waals surface area contributed by atoms with Gasteiger partial charge in [-0.25, -0.2) is 9.59 Å². The molecule has 27 heavy (non-hydrogen) atoms. The average Bonchev–Trinajstić information content (AvgIpc) is 2.68. The zero-order chi connectivity index (χ0) is 20.0. The minimum absolute atomic E-state index is 0.158. The number of nitrogens with one attached hydrogen (secondary N) is 1. The Kier molecular flexibility index (Phi) is 7.01. The van der Waals surface area contributed by atoms with Gasteiger partial charge in [0.15, 0.2) is 0 Å². The topological polar surface area (TPSA) is 81.7 Å². The Morgan fingerprint density at radius 2 is 1.59 bits per heavy atom. The number of amides is 1. The highest BCUT2D eigenvalue weighted by atomic mass is 32.2. The van der Waals surface area contributed by atoms with Crippen molar-refractivity contribution in [1.29, 1.82) is 0 Å². The third-order valence-electron chi connectivity index (χ3n) is 3.81. The number of aryl methyl sites for hydroxylation is 1. The van der Waals surface area contributed by atoms with Crippen LogP contribution in [0.15, 0.2) is 47.4 Å². The SMILES string of the molecule is COC(=O)c1ccc(C(=O)OC)c(NC(=O)[C@@H](C)Sc2ccc(C)cc2)c1. The van der Waals surface area contributed by atoms with E-state index in [1.165, 1.54) is 44.2 Å². The van der Waals surface area contributed by atoms with E-state index in [0.29, 0.717) is 0 Å². The van der Waals surface area contributed by atoms with E-state index in [0.717, 1.165) is 10.5 Å². The molecule has 0 radical (unpaired) electrons. The van der Waals surface area contributed by atoms with Gasteiger partial charge in [0.1, 0.15) is 0 Å². The van der Waals surface area contributed by atoms with E-state index in [9.17, 15) is 14.4 Å². The van der Waals surface area contributed by atoms with E-state index >= 15 is 0 Å². The van der Waals surface area contributed by atoms with E-state index in [4.69, 9.17) is 4.74 Å². The molecule has 0 fully saturated rings. The maximum Gasteiger partial charge on any atom is 0.339 e. The van der Waals surface area contributed by atoms with Gasteiger partial charge in [0, 0.05) is 4.90 Å². The van der Waals surface area contributed by atoms with Gasteiger partial charge in [-0.2, -0.15) is 0 Å². The number of ether oxygens (including phenoxy) is 2. The van der Waals surface area contributed by atoms with Gasteiger partial charge in [0.2, 0.25) is 5.91 Å². The molecule has 0 saturated carbocycles. The monoisotopic (exact) mass is 387 g/mol. The molecule has 0 saturated heterocycles. The van der Waals surface area contributed by atoms with Gasteiger partial charge in [-0.15, -0.1) is 11.8 Å². The number of hydrogen-bond donors (Lipinski definition) is 1. The van der Waals surface area contributed by atoms with Crippen molar-refractivity contribution >= 4 is 35.3 Å². The largest absolute Gasteiger partial charge is 0.465 e. The molecule has 0 heterocycles. The van der Waals surface area contributed by atoms with Crippen LogP contribution in [0, 0.1) is 6.92 Å². The normalized spacial score (nSPS) is 11.4. The molecule has 2 aromatic rings. The molecule has 0 aliphatic carbocycles. The maximum atomic E-state index is 12.6. The van der Waals surface area contributed by atoms with Gasteiger partial charge in [-0.1, -0.05) is 17.7 Å². The Hall–Kier alpha value is -2.80. The molecule has 1 atom stereocenters. The first-order chi connectivity index (χ1) is 12.8. The number of thioether (sulfide) groups is 1. The summed E-state index contributed by atoms with van der Waals surface area (Å²) in [5.41, 5.74) is 1.72. The molecule has 0 unspecified atom stereocenters. The van der Waals surface area contributed by atoms with Crippen molar-refractivity contribution in [2.24, 2.45) is 0 Å². The number of anilines is 1. The molecule has 1 amide bonds. The predicted octanol–water partition coefficient (Wildman–Crippen LogP) is 3.69. The third kappa shape index (κ3) is 5.34. The number of carbonyl (C=O) groups excluding carboxylic acids is 3. The second-order valence-electron chi connectivity index (χ2n) is 5.81. The summed E-state index contributed by atoms with van der Waals surface area (Å²) in [4.78, 5) is 37.3. The van der Waals surface area contributed by atoms with Crippen LogP contribution < -0.4 is 5.32 Å². The van der Waals surface area contributed by atoms with Gasteiger partial charge < -0.3 is 14.8 Å². The molecule has 1 N–H and O–H groups in total. The number of hydrogen-bond acceptors (Lipinski definition) is 6. The van der Waals surface area contributed by atoms with Crippen LogP contribution in [0.1, 0.15) is 33.2 Å². The molecule has 2 rings (SSSR count). The quantitative estimate of drug-likeness (QED) is 0.601. The summed E-state index contributed by atoms with van der Waals surface area (Å²) in [6.45, 7) is 3.76. The fraction of sp³-hybridized carbons (Fsp3) is 0.250. The van der Waals surface area contributed by atoms with Gasteiger partial charge >= 0.3 is 11.9 Å². The first-order valence-electron chi connectivity index (χ1n) is 8.20. The molecule has 2 aromatic carbocycles. The molecular formula is C20H21NO5S. The molecule has 7 heteroatoms. The fourth-order valence-electron chi connectivity index (χ4n) is 2.29. The van der Waals surface area contributed by atoms with Crippen LogP contribution in [0.3, 0.4) is 0 Å². The summed E-state index contributed by atoms with van der Waals surface area (Å²) in [6, 6.07) is 12.1. The Morgan fingerprint density at radius 1 is 0.963 bits per heavy atom. The summed E-state index contributed by atoms with van der Waals surface area (Å²) in [7, 11) is 2.51. The number of methoxy groups -OCH3 is 2. The van der Waals surface area contributed by atoms with E-state index in [-0.39, 0.29) is 22.7 Å². The second kappa shape index (κ2) is 9.23. The standard InChI is InChI=1S/C20H21NO5S/c1-12-5-8-15(9-6-12)27-13(2)18(22)21-17-11-14(19(23)25-3)7-10-16(17)20(24)26-4/h5-11,13H,1-4H3,(H,21,22)/t13-/m1/s1. The lowest BCUT2D eigenvalue weighted by Gasteiger charge is -2.15. The molecule has 0 bridgehead atoms. The zero-order valence-electron chi connectivity index (χ0n) is 15.6. The summed E-state index contributed by atoms with van der Waals surface area (Å²) in [5.74, 6) is -1.47. The zero-order valence-corrected chi connectivity index (χ0v) is 16.4. The Morgan fingerprint density at radius 3 is 2.19 bits per heavy atom. The molecule has 0 aromatic heterocycles. The molecule has 0 aliphatic heterocycles. The number of benzene rings is 2. The minimum atomic E-state index is -0.611. The first kappa shape index (κ1) is 20.5. The summed E-state index contributed by atoms with van der Waals surface area (Å²) >= 11 is 1.39. The number of rotatable bonds is 6. The predicted molar refractivity (Wildman–Crippen MR) is 104 cm³/mol. The van der Waals surface area contributed by atoms with Crippen molar-refractivity contribution in [3.8, 4) is 0 Å². The highest BCUT2D eigenvalue weighted by Gasteiger charge is 2.20. The number of esters is 2. The molecule has 142 valence electrons. The lowest BCUT2D eigenvalue weighted by Crippen LogP contribution is -2.24. The Bertz CT molecular complexity index is 848. The first-order valence-corrected chi connectivity index (χ1v) is 9.08. The van der Waals surface area contributed by atoms with Crippen LogP contribution in [0.25, 0.3) is 0 Å². The van der Waals surface area contributed by atoms with Gasteiger partial charge in [-0.3, -0.25) is 4.79 Å². The van der Waals surface area contributed by atoms with E-state index in [1.54, 1.807) is 6.92 Å². The van der Waals surface area contributed by atoms with Crippen molar-refractivity contribution in [2.45, 2.75) is 24.0 Å². The lowest BCUT2D eigenvalue weighted by atomic mass is 10.1. The Labute approximate surface area is 162 Å². The van der Waals surface area contributed by atoms with Gasteiger partial charge in [-0.05, 0) is 44.2 Å². The lowest BCUT2D eigenvalue weighted by molar-refractivity contribution is -0.115. The summed E-state index contributed by atoms with van der Waals surface area (Å²) in [6.07, 6.45) is 0.